The van der Waals surface area contributed by atoms with E-state index >= 15 is 0 Å². The number of hydrogen-bond donors (Lipinski definition) is 2. The van der Waals surface area contributed by atoms with Crippen LogP contribution in [0.2, 0.25) is 15.1 Å². The van der Waals surface area contributed by atoms with E-state index in [-0.39, 0.29) is 31.5 Å². The maximum atomic E-state index is 12.3. The van der Waals surface area contributed by atoms with Crippen LogP contribution in [0.15, 0.2) is 22.4 Å². The summed E-state index contributed by atoms with van der Waals surface area (Å²) in [7, 11) is -4.05. The molecule has 0 unspecified atom stereocenters. The number of nitrogens with zero attached hydrogens (tertiary/aromatic N) is 1. The van der Waals surface area contributed by atoms with Gasteiger partial charge in [-0.3, -0.25) is 9.52 Å². The number of benzene rings is 1. The number of thiazole rings is 1. The van der Waals surface area contributed by atoms with Gasteiger partial charge in [-0.05, 0) is 12.1 Å². The number of anilines is 1. The molecule has 0 aliphatic carbocycles. The number of carbonyl (C=O) groups is 1. The molecule has 0 fully saturated rings. The predicted molar refractivity (Wildman–Crippen MR) is 87.3 cm³/mol. The average molecular weight is 401 g/mol. The molecule has 3 N–H and O–H groups in total. The van der Waals surface area contributed by atoms with Crippen molar-refractivity contribution in [3.63, 3.8) is 0 Å². The molecule has 2 aromatic rings. The molecule has 1 amide bonds. The number of rotatable bonds is 5. The molecule has 118 valence electrons. The first-order valence-electron chi connectivity index (χ1n) is 5.59. The minimum atomic E-state index is -4.05. The van der Waals surface area contributed by atoms with Gasteiger partial charge in [-0.2, -0.15) is 0 Å². The van der Waals surface area contributed by atoms with Crippen molar-refractivity contribution in [2.24, 2.45) is 5.73 Å². The molecular formula is C11H8Cl3N3O3S2. The van der Waals surface area contributed by atoms with E-state index in [4.69, 9.17) is 40.5 Å². The van der Waals surface area contributed by atoms with Gasteiger partial charge < -0.3 is 5.73 Å². The van der Waals surface area contributed by atoms with E-state index in [1.54, 1.807) is 0 Å². The van der Waals surface area contributed by atoms with Gasteiger partial charge in [-0.1, -0.05) is 34.8 Å². The zero-order valence-corrected chi connectivity index (χ0v) is 14.5. The number of amides is 1. The third kappa shape index (κ3) is 4.02. The molecule has 0 aliphatic heterocycles. The molecule has 0 saturated heterocycles. The van der Waals surface area contributed by atoms with Gasteiger partial charge in [0, 0.05) is 10.4 Å². The highest BCUT2D eigenvalue weighted by atomic mass is 35.5. The van der Waals surface area contributed by atoms with Gasteiger partial charge in [0.2, 0.25) is 5.91 Å². The summed E-state index contributed by atoms with van der Waals surface area (Å²) in [6.07, 6.45) is -0.0827. The molecule has 1 heterocycles. The van der Waals surface area contributed by atoms with Crippen LogP contribution in [-0.4, -0.2) is 19.3 Å². The number of nitrogens with two attached hydrogens (primary N) is 1. The van der Waals surface area contributed by atoms with Gasteiger partial charge in [0.1, 0.15) is 4.90 Å². The molecule has 1 aromatic heterocycles. The summed E-state index contributed by atoms with van der Waals surface area (Å²) in [5.74, 6) is -0.566. The highest BCUT2D eigenvalue weighted by Gasteiger charge is 2.23. The summed E-state index contributed by atoms with van der Waals surface area (Å²) >= 11 is 18.5. The highest BCUT2D eigenvalue weighted by molar-refractivity contribution is 7.93. The summed E-state index contributed by atoms with van der Waals surface area (Å²) in [6.45, 7) is 0. The van der Waals surface area contributed by atoms with Crippen LogP contribution in [0.1, 0.15) is 5.69 Å². The van der Waals surface area contributed by atoms with E-state index in [1.807, 2.05) is 0 Å². The smallest absolute Gasteiger partial charge is 0.266 e. The lowest BCUT2D eigenvalue weighted by Crippen LogP contribution is -2.15. The number of nitrogens with one attached hydrogen (secondary N) is 1. The van der Waals surface area contributed by atoms with Crippen molar-refractivity contribution >= 4 is 67.2 Å². The van der Waals surface area contributed by atoms with Crippen molar-refractivity contribution in [1.29, 1.82) is 0 Å². The van der Waals surface area contributed by atoms with E-state index < -0.39 is 15.9 Å². The van der Waals surface area contributed by atoms with Crippen molar-refractivity contribution in [2.75, 3.05) is 4.72 Å². The van der Waals surface area contributed by atoms with Crippen molar-refractivity contribution in [3.05, 3.63) is 38.3 Å². The summed E-state index contributed by atoms with van der Waals surface area (Å²) in [5.41, 5.74) is 5.41. The Kier molecular flexibility index (Phi) is 5.18. The SMILES string of the molecule is NC(=O)Cc1csc(NS(=O)(=O)c2c(Cl)cc(Cl)cc2Cl)n1. The largest absolute Gasteiger partial charge is 0.369 e. The Morgan fingerprint density at radius 1 is 1.27 bits per heavy atom. The molecule has 0 atom stereocenters. The van der Waals surface area contributed by atoms with E-state index in [9.17, 15) is 13.2 Å². The van der Waals surface area contributed by atoms with Gasteiger partial charge in [0.25, 0.3) is 10.0 Å². The molecule has 0 bridgehead atoms. The monoisotopic (exact) mass is 399 g/mol. The quantitative estimate of drug-likeness (QED) is 0.805. The molecule has 0 spiro atoms. The predicted octanol–water partition coefficient (Wildman–Crippen LogP) is 2.93. The third-order valence-corrected chi connectivity index (χ3v) is 5.77. The molecule has 22 heavy (non-hydrogen) atoms. The van der Waals surface area contributed by atoms with Crippen molar-refractivity contribution in [3.8, 4) is 0 Å². The molecule has 6 nitrogen and oxygen atoms in total. The van der Waals surface area contributed by atoms with Crippen LogP contribution in [0.25, 0.3) is 0 Å². The Morgan fingerprint density at radius 2 is 1.86 bits per heavy atom. The van der Waals surface area contributed by atoms with Crippen molar-refractivity contribution < 1.29 is 13.2 Å². The first kappa shape index (κ1) is 17.3. The van der Waals surface area contributed by atoms with Crippen molar-refractivity contribution in [2.45, 2.75) is 11.3 Å². The Balaban J connectivity index is 2.32. The Hall–Kier alpha value is -1.06. The second-order valence-electron chi connectivity index (χ2n) is 4.09. The number of halogens is 3. The van der Waals surface area contributed by atoms with Gasteiger partial charge in [-0.25, -0.2) is 13.4 Å². The molecular weight excluding hydrogens is 393 g/mol. The fraction of sp³-hybridized carbons (Fsp3) is 0.0909. The number of aromatic nitrogens is 1. The summed E-state index contributed by atoms with van der Waals surface area (Å²) in [6, 6.07) is 2.54. The lowest BCUT2D eigenvalue weighted by molar-refractivity contribution is -0.117. The van der Waals surface area contributed by atoms with Gasteiger partial charge in [0.05, 0.1) is 22.2 Å². The second-order valence-corrected chi connectivity index (χ2v) is 7.82. The topological polar surface area (TPSA) is 102 Å². The first-order valence-corrected chi connectivity index (χ1v) is 9.09. The fourth-order valence-corrected chi connectivity index (χ4v) is 5.08. The minimum absolute atomic E-state index is 0.0679. The Bertz CT molecular complexity index is 813. The van der Waals surface area contributed by atoms with E-state index in [0.717, 1.165) is 11.3 Å². The lowest BCUT2D eigenvalue weighted by atomic mass is 10.3. The number of carbonyl (C=O) groups excluding carboxylic acids is 1. The molecule has 1 aromatic carbocycles. The van der Waals surface area contributed by atoms with Crippen LogP contribution in [0.3, 0.4) is 0 Å². The maximum absolute atomic E-state index is 12.3. The summed E-state index contributed by atoms with van der Waals surface area (Å²) in [4.78, 5) is 14.5. The molecule has 0 radical (unpaired) electrons. The summed E-state index contributed by atoms with van der Waals surface area (Å²) < 4.78 is 26.9. The van der Waals surface area contributed by atoms with Crippen LogP contribution in [0.4, 0.5) is 5.13 Å². The number of hydrogen-bond acceptors (Lipinski definition) is 5. The molecule has 0 saturated carbocycles. The van der Waals surface area contributed by atoms with E-state index in [2.05, 4.69) is 9.71 Å². The average Bonchev–Trinajstić information content (AvgIpc) is 2.72. The van der Waals surface area contributed by atoms with Crippen LogP contribution < -0.4 is 10.5 Å². The highest BCUT2D eigenvalue weighted by Crippen LogP contribution is 2.34. The standard InChI is InChI=1S/C11H8Cl3N3O3S2/c12-5-1-7(13)10(8(14)2-5)22(19,20)17-11-16-6(4-21-11)3-9(15)18/h1-2,4H,3H2,(H2,15,18)(H,16,17). The van der Waals surface area contributed by atoms with Crippen molar-refractivity contribution in [1.82, 2.24) is 4.98 Å². The van der Waals surface area contributed by atoms with E-state index in [1.165, 1.54) is 17.5 Å². The zero-order valence-electron chi connectivity index (χ0n) is 10.6. The Labute approximate surface area is 145 Å². The third-order valence-electron chi connectivity index (χ3n) is 2.36. The van der Waals surface area contributed by atoms with Crippen LogP contribution >= 0.6 is 46.1 Å². The van der Waals surface area contributed by atoms with Crippen LogP contribution in [0.5, 0.6) is 0 Å². The first-order chi connectivity index (χ1) is 10.2. The molecule has 0 aliphatic rings. The molecule has 2 rings (SSSR count). The van der Waals surface area contributed by atoms with Gasteiger partial charge in [-0.15, -0.1) is 11.3 Å². The van der Waals surface area contributed by atoms with Crippen LogP contribution in [-0.2, 0) is 21.2 Å². The zero-order chi connectivity index (χ0) is 16.5. The molecule has 11 heteroatoms. The number of primary amides is 1. The Morgan fingerprint density at radius 3 is 2.41 bits per heavy atom. The summed E-state index contributed by atoms with van der Waals surface area (Å²) in [5, 5.41) is 1.58. The minimum Gasteiger partial charge on any atom is -0.369 e. The van der Waals surface area contributed by atoms with Gasteiger partial charge in [0.15, 0.2) is 5.13 Å². The number of sulfonamides is 1. The maximum Gasteiger partial charge on any atom is 0.266 e. The lowest BCUT2D eigenvalue weighted by Gasteiger charge is -2.09. The fourth-order valence-electron chi connectivity index (χ4n) is 1.57. The normalized spacial score (nSPS) is 11.4. The van der Waals surface area contributed by atoms with Crippen LogP contribution in [0, 0.1) is 0 Å². The second kappa shape index (κ2) is 6.59. The van der Waals surface area contributed by atoms with E-state index in [0.29, 0.717) is 5.69 Å². The van der Waals surface area contributed by atoms with Gasteiger partial charge >= 0.3 is 0 Å².